The SMILES string of the molecule is CCC1COCC(CCC2CCC(=O)N2)O1. The first-order valence-electron chi connectivity index (χ1n) is 6.30. The predicted molar refractivity (Wildman–Crippen MR) is 60.2 cm³/mol. The molecular weight excluding hydrogens is 206 g/mol. The van der Waals surface area contributed by atoms with Gasteiger partial charge in [-0.05, 0) is 25.7 Å². The van der Waals surface area contributed by atoms with Gasteiger partial charge in [0.05, 0.1) is 25.4 Å². The molecule has 4 heteroatoms. The predicted octanol–water partition coefficient (Wildman–Crippen LogP) is 1.24. The highest BCUT2D eigenvalue weighted by Gasteiger charge is 2.25. The van der Waals surface area contributed by atoms with Crippen LogP contribution in [-0.4, -0.2) is 37.4 Å². The van der Waals surface area contributed by atoms with Crippen molar-refractivity contribution >= 4 is 5.91 Å². The minimum Gasteiger partial charge on any atom is -0.376 e. The van der Waals surface area contributed by atoms with Crippen LogP contribution in [0.25, 0.3) is 0 Å². The van der Waals surface area contributed by atoms with Gasteiger partial charge in [0, 0.05) is 12.5 Å². The highest BCUT2D eigenvalue weighted by molar-refractivity contribution is 5.78. The van der Waals surface area contributed by atoms with Crippen LogP contribution in [0.15, 0.2) is 0 Å². The van der Waals surface area contributed by atoms with Crippen molar-refractivity contribution in [3.63, 3.8) is 0 Å². The van der Waals surface area contributed by atoms with E-state index in [2.05, 4.69) is 12.2 Å². The highest BCUT2D eigenvalue weighted by Crippen LogP contribution is 2.18. The second-order valence-electron chi connectivity index (χ2n) is 4.71. The number of rotatable bonds is 4. The number of nitrogens with one attached hydrogen (secondary N) is 1. The lowest BCUT2D eigenvalue weighted by Gasteiger charge is -2.30. The number of hydrogen-bond acceptors (Lipinski definition) is 3. The molecule has 2 fully saturated rings. The van der Waals surface area contributed by atoms with E-state index in [0.717, 1.165) is 32.3 Å². The van der Waals surface area contributed by atoms with E-state index in [1.54, 1.807) is 0 Å². The number of hydrogen-bond donors (Lipinski definition) is 1. The van der Waals surface area contributed by atoms with E-state index in [0.29, 0.717) is 19.1 Å². The van der Waals surface area contributed by atoms with Gasteiger partial charge in [0.2, 0.25) is 5.91 Å². The summed E-state index contributed by atoms with van der Waals surface area (Å²) in [5.74, 6) is 0.192. The summed E-state index contributed by atoms with van der Waals surface area (Å²) >= 11 is 0. The van der Waals surface area contributed by atoms with Gasteiger partial charge in [0.25, 0.3) is 0 Å². The monoisotopic (exact) mass is 227 g/mol. The molecular formula is C12H21NO3. The fourth-order valence-corrected chi connectivity index (χ4v) is 2.33. The second kappa shape index (κ2) is 5.64. The molecule has 2 aliphatic heterocycles. The van der Waals surface area contributed by atoms with E-state index in [-0.39, 0.29) is 18.1 Å². The molecule has 2 rings (SSSR count). The van der Waals surface area contributed by atoms with Crippen molar-refractivity contribution < 1.29 is 14.3 Å². The Kier molecular flexibility index (Phi) is 4.18. The van der Waals surface area contributed by atoms with Crippen LogP contribution in [0.4, 0.5) is 0 Å². The second-order valence-corrected chi connectivity index (χ2v) is 4.71. The fourth-order valence-electron chi connectivity index (χ4n) is 2.33. The zero-order valence-electron chi connectivity index (χ0n) is 9.91. The molecule has 1 N–H and O–H groups in total. The Hall–Kier alpha value is -0.610. The van der Waals surface area contributed by atoms with E-state index in [9.17, 15) is 4.79 Å². The zero-order valence-corrected chi connectivity index (χ0v) is 9.91. The average Bonchev–Trinajstić information content (AvgIpc) is 2.73. The molecule has 2 heterocycles. The number of ether oxygens (including phenoxy) is 2. The van der Waals surface area contributed by atoms with Gasteiger partial charge in [-0.25, -0.2) is 0 Å². The fraction of sp³-hybridized carbons (Fsp3) is 0.917. The van der Waals surface area contributed by atoms with Gasteiger partial charge in [-0.3, -0.25) is 4.79 Å². The summed E-state index contributed by atoms with van der Waals surface area (Å²) in [5, 5.41) is 2.98. The minimum absolute atomic E-state index is 0.192. The van der Waals surface area contributed by atoms with Crippen molar-refractivity contribution in [3.05, 3.63) is 0 Å². The summed E-state index contributed by atoms with van der Waals surface area (Å²) < 4.78 is 11.4. The average molecular weight is 227 g/mol. The molecule has 16 heavy (non-hydrogen) atoms. The van der Waals surface area contributed by atoms with Gasteiger partial charge in [-0.15, -0.1) is 0 Å². The maximum Gasteiger partial charge on any atom is 0.220 e. The molecule has 2 aliphatic rings. The standard InChI is InChI=1S/C12H21NO3/c1-2-10-7-15-8-11(16-10)5-3-9-4-6-12(14)13-9/h9-11H,2-8H2,1H3,(H,13,14). The number of amides is 1. The van der Waals surface area contributed by atoms with Crippen molar-refractivity contribution in [2.45, 2.75) is 57.3 Å². The molecule has 0 aromatic carbocycles. The van der Waals surface area contributed by atoms with Gasteiger partial charge in [0.1, 0.15) is 0 Å². The molecule has 3 unspecified atom stereocenters. The lowest BCUT2D eigenvalue weighted by Crippen LogP contribution is -2.37. The van der Waals surface area contributed by atoms with Crippen molar-refractivity contribution in [2.24, 2.45) is 0 Å². The third-order valence-corrected chi connectivity index (χ3v) is 3.37. The molecule has 0 bridgehead atoms. The van der Waals surface area contributed by atoms with Crippen LogP contribution in [0, 0.1) is 0 Å². The Morgan fingerprint density at radius 3 is 2.81 bits per heavy atom. The Labute approximate surface area is 96.7 Å². The number of carbonyl (C=O) groups is 1. The molecule has 0 saturated carbocycles. The van der Waals surface area contributed by atoms with Gasteiger partial charge in [0.15, 0.2) is 0 Å². The van der Waals surface area contributed by atoms with E-state index < -0.39 is 0 Å². The Morgan fingerprint density at radius 2 is 2.12 bits per heavy atom. The maximum absolute atomic E-state index is 11.0. The molecule has 3 atom stereocenters. The summed E-state index contributed by atoms with van der Waals surface area (Å²) in [6.45, 7) is 3.55. The first-order valence-corrected chi connectivity index (χ1v) is 6.30. The third kappa shape index (κ3) is 3.19. The Bertz CT molecular complexity index is 244. The first-order chi connectivity index (χ1) is 7.78. The molecule has 4 nitrogen and oxygen atoms in total. The zero-order chi connectivity index (χ0) is 11.4. The van der Waals surface area contributed by atoms with Crippen molar-refractivity contribution in [1.82, 2.24) is 5.32 Å². The van der Waals surface area contributed by atoms with E-state index in [4.69, 9.17) is 9.47 Å². The molecule has 1 amide bonds. The lowest BCUT2D eigenvalue weighted by molar-refractivity contribution is -0.141. The summed E-state index contributed by atoms with van der Waals surface area (Å²) in [5.41, 5.74) is 0. The number of carbonyl (C=O) groups excluding carboxylic acids is 1. The summed E-state index contributed by atoms with van der Waals surface area (Å²) in [6.07, 6.45) is 5.15. The quantitative estimate of drug-likeness (QED) is 0.786. The smallest absolute Gasteiger partial charge is 0.220 e. The van der Waals surface area contributed by atoms with Gasteiger partial charge in [-0.2, -0.15) is 0 Å². The highest BCUT2D eigenvalue weighted by atomic mass is 16.6. The summed E-state index contributed by atoms with van der Waals surface area (Å²) in [6, 6.07) is 0.359. The van der Waals surface area contributed by atoms with Crippen LogP contribution in [0.1, 0.15) is 39.0 Å². The normalized spacial score (nSPS) is 35.1. The van der Waals surface area contributed by atoms with Crippen LogP contribution >= 0.6 is 0 Å². The molecule has 0 aromatic rings. The first kappa shape index (κ1) is 11.9. The topological polar surface area (TPSA) is 47.6 Å². The minimum atomic E-state index is 0.192. The van der Waals surface area contributed by atoms with Gasteiger partial charge >= 0.3 is 0 Å². The van der Waals surface area contributed by atoms with Crippen LogP contribution in [0.5, 0.6) is 0 Å². The molecule has 2 saturated heterocycles. The van der Waals surface area contributed by atoms with Crippen LogP contribution in [-0.2, 0) is 14.3 Å². The van der Waals surface area contributed by atoms with Gasteiger partial charge < -0.3 is 14.8 Å². The van der Waals surface area contributed by atoms with E-state index in [1.807, 2.05) is 0 Å². The van der Waals surface area contributed by atoms with Crippen molar-refractivity contribution in [1.29, 1.82) is 0 Å². The molecule has 92 valence electrons. The lowest BCUT2D eigenvalue weighted by atomic mass is 10.1. The third-order valence-electron chi connectivity index (χ3n) is 3.37. The van der Waals surface area contributed by atoms with E-state index >= 15 is 0 Å². The van der Waals surface area contributed by atoms with Crippen LogP contribution in [0.3, 0.4) is 0 Å². The van der Waals surface area contributed by atoms with Crippen LogP contribution < -0.4 is 5.32 Å². The molecule has 0 spiro atoms. The molecule has 0 radical (unpaired) electrons. The van der Waals surface area contributed by atoms with Crippen LogP contribution in [0.2, 0.25) is 0 Å². The Morgan fingerprint density at radius 1 is 1.31 bits per heavy atom. The maximum atomic E-state index is 11.0. The Balaban J connectivity index is 1.67. The van der Waals surface area contributed by atoms with Crippen molar-refractivity contribution in [2.75, 3.05) is 13.2 Å². The van der Waals surface area contributed by atoms with E-state index in [1.165, 1.54) is 0 Å². The van der Waals surface area contributed by atoms with Gasteiger partial charge in [-0.1, -0.05) is 6.92 Å². The summed E-state index contributed by atoms with van der Waals surface area (Å²) in [4.78, 5) is 11.0. The summed E-state index contributed by atoms with van der Waals surface area (Å²) in [7, 11) is 0. The largest absolute Gasteiger partial charge is 0.376 e. The molecule has 0 aromatic heterocycles. The van der Waals surface area contributed by atoms with Crippen molar-refractivity contribution in [3.8, 4) is 0 Å². The molecule has 0 aliphatic carbocycles.